The Hall–Kier alpha value is -1.61. The summed E-state index contributed by atoms with van der Waals surface area (Å²) in [5.41, 5.74) is 2.94. The molecular formula is C18H27N3. The molecule has 0 aliphatic rings. The normalized spacial score (nSPS) is 13.3. The summed E-state index contributed by atoms with van der Waals surface area (Å²) in [5, 5.41) is 3.68. The largest absolute Gasteiger partial charge is 0.349 e. The van der Waals surface area contributed by atoms with Crippen molar-refractivity contribution < 1.29 is 0 Å². The molecule has 2 aromatic rings. The number of imidazole rings is 1. The maximum absolute atomic E-state index is 4.39. The summed E-state index contributed by atoms with van der Waals surface area (Å²) in [6.07, 6.45) is 5.73. The summed E-state index contributed by atoms with van der Waals surface area (Å²) in [7, 11) is 0. The Morgan fingerprint density at radius 3 is 2.62 bits per heavy atom. The van der Waals surface area contributed by atoms with Gasteiger partial charge in [0.25, 0.3) is 0 Å². The van der Waals surface area contributed by atoms with E-state index in [4.69, 9.17) is 0 Å². The van der Waals surface area contributed by atoms with Gasteiger partial charge in [0.1, 0.15) is 5.82 Å². The van der Waals surface area contributed by atoms with Gasteiger partial charge in [-0.3, -0.25) is 0 Å². The van der Waals surface area contributed by atoms with Crippen LogP contribution in [0.25, 0.3) is 0 Å². The van der Waals surface area contributed by atoms with Crippen LogP contribution in [0.1, 0.15) is 57.1 Å². The molecule has 0 radical (unpaired) electrons. The van der Waals surface area contributed by atoms with Gasteiger partial charge in [-0.05, 0) is 29.5 Å². The van der Waals surface area contributed by atoms with Gasteiger partial charge in [-0.15, -0.1) is 0 Å². The van der Waals surface area contributed by atoms with Crippen molar-refractivity contribution in [3.8, 4) is 0 Å². The first-order valence-electron chi connectivity index (χ1n) is 7.83. The van der Waals surface area contributed by atoms with Crippen LogP contribution < -0.4 is 5.32 Å². The Bertz CT molecular complexity index is 538. The molecule has 21 heavy (non-hydrogen) atoms. The van der Waals surface area contributed by atoms with E-state index >= 15 is 0 Å². The standard InChI is InChI=1S/C18H27N3/c1-5-10-19-16(13-17-20-11-12-21-17)14-8-6-7-9-15(14)18(2,3)4/h6-9,11-12,16,19H,5,10,13H2,1-4H3,(H,20,21). The van der Waals surface area contributed by atoms with Crippen molar-refractivity contribution in [3.05, 3.63) is 53.6 Å². The minimum absolute atomic E-state index is 0.145. The van der Waals surface area contributed by atoms with Crippen LogP contribution in [-0.4, -0.2) is 16.5 Å². The quantitative estimate of drug-likeness (QED) is 0.842. The van der Waals surface area contributed by atoms with Crippen molar-refractivity contribution in [2.24, 2.45) is 0 Å². The minimum atomic E-state index is 0.145. The van der Waals surface area contributed by atoms with Gasteiger partial charge in [0.05, 0.1) is 0 Å². The van der Waals surface area contributed by atoms with Gasteiger partial charge in [0.2, 0.25) is 0 Å². The molecule has 0 bridgehead atoms. The Morgan fingerprint density at radius 1 is 1.24 bits per heavy atom. The SMILES string of the molecule is CCCNC(Cc1ncc[nH]1)c1ccccc1C(C)(C)C. The zero-order valence-corrected chi connectivity index (χ0v) is 13.6. The molecule has 1 aromatic carbocycles. The highest BCUT2D eigenvalue weighted by Gasteiger charge is 2.22. The van der Waals surface area contributed by atoms with E-state index in [2.05, 4.69) is 67.2 Å². The molecule has 114 valence electrons. The molecule has 2 rings (SSSR count). The van der Waals surface area contributed by atoms with Gasteiger partial charge in [-0.1, -0.05) is 52.0 Å². The van der Waals surface area contributed by atoms with E-state index in [1.165, 1.54) is 11.1 Å². The topological polar surface area (TPSA) is 40.7 Å². The predicted molar refractivity (Wildman–Crippen MR) is 88.5 cm³/mol. The third kappa shape index (κ3) is 4.18. The Morgan fingerprint density at radius 2 is 2.00 bits per heavy atom. The van der Waals surface area contributed by atoms with Crippen molar-refractivity contribution in [3.63, 3.8) is 0 Å². The molecule has 0 saturated heterocycles. The second kappa shape index (κ2) is 6.90. The molecule has 0 aliphatic heterocycles. The molecule has 0 spiro atoms. The number of H-pyrrole nitrogens is 1. The summed E-state index contributed by atoms with van der Waals surface area (Å²) in [6, 6.07) is 9.06. The molecule has 0 fully saturated rings. The number of nitrogens with one attached hydrogen (secondary N) is 2. The number of aromatic nitrogens is 2. The van der Waals surface area contributed by atoms with Crippen LogP contribution in [0, 0.1) is 0 Å². The molecule has 1 unspecified atom stereocenters. The Labute approximate surface area is 128 Å². The molecule has 1 atom stereocenters. The number of benzene rings is 1. The van der Waals surface area contributed by atoms with Crippen LogP contribution in [0.4, 0.5) is 0 Å². The molecular weight excluding hydrogens is 258 g/mol. The number of hydrogen-bond donors (Lipinski definition) is 2. The van der Waals surface area contributed by atoms with E-state index < -0.39 is 0 Å². The molecule has 1 heterocycles. The molecule has 3 heteroatoms. The number of aromatic amines is 1. The van der Waals surface area contributed by atoms with Crippen LogP contribution in [0.5, 0.6) is 0 Å². The summed E-state index contributed by atoms with van der Waals surface area (Å²) in [5.74, 6) is 1.03. The van der Waals surface area contributed by atoms with E-state index in [1.807, 2.05) is 12.4 Å². The first kappa shape index (κ1) is 15.8. The summed E-state index contributed by atoms with van der Waals surface area (Å²) in [4.78, 5) is 7.61. The zero-order chi connectivity index (χ0) is 15.3. The average molecular weight is 285 g/mol. The van der Waals surface area contributed by atoms with Crippen LogP contribution >= 0.6 is 0 Å². The van der Waals surface area contributed by atoms with Gasteiger partial charge in [0.15, 0.2) is 0 Å². The van der Waals surface area contributed by atoms with Crippen LogP contribution in [0.15, 0.2) is 36.7 Å². The lowest BCUT2D eigenvalue weighted by atomic mass is 9.81. The van der Waals surface area contributed by atoms with Gasteiger partial charge >= 0.3 is 0 Å². The lowest BCUT2D eigenvalue weighted by molar-refractivity contribution is 0.498. The number of hydrogen-bond acceptors (Lipinski definition) is 2. The van der Waals surface area contributed by atoms with Crippen molar-refractivity contribution >= 4 is 0 Å². The molecule has 2 N–H and O–H groups in total. The molecule has 1 aromatic heterocycles. The van der Waals surface area contributed by atoms with Gasteiger partial charge in [-0.2, -0.15) is 0 Å². The highest BCUT2D eigenvalue weighted by Crippen LogP contribution is 2.30. The third-order valence-corrected chi connectivity index (χ3v) is 3.74. The minimum Gasteiger partial charge on any atom is -0.349 e. The van der Waals surface area contributed by atoms with Crippen LogP contribution in [-0.2, 0) is 11.8 Å². The average Bonchev–Trinajstić information content (AvgIpc) is 2.95. The van der Waals surface area contributed by atoms with E-state index in [9.17, 15) is 0 Å². The fourth-order valence-corrected chi connectivity index (χ4v) is 2.70. The van der Waals surface area contributed by atoms with Gasteiger partial charge in [0, 0.05) is 24.9 Å². The second-order valence-corrected chi connectivity index (χ2v) is 6.58. The fraction of sp³-hybridized carbons (Fsp3) is 0.500. The second-order valence-electron chi connectivity index (χ2n) is 6.58. The van der Waals surface area contributed by atoms with E-state index in [0.29, 0.717) is 6.04 Å². The Balaban J connectivity index is 2.32. The van der Waals surface area contributed by atoms with Crippen molar-refractivity contribution in [2.45, 2.75) is 52.0 Å². The maximum Gasteiger partial charge on any atom is 0.107 e. The van der Waals surface area contributed by atoms with Gasteiger partial charge in [-0.25, -0.2) is 4.98 Å². The predicted octanol–water partition coefficient (Wildman–Crippen LogP) is 3.99. The Kier molecular flexibility index (Phi) is 5.18. The smallest absolute Gasteiger partial charge is 0.107 e. The van der Waals surface area contributed by atoms with E-state index in [0.717, 1.165) is 25.2 Å². The van der Waals surface area contributed by atoms with E-state index in [1.54, 1.807) is 0 Å². The first-order chi connectivity index (χ1) is 10.0. The molecule has 0 amide bonds. The van der Waals surface area contributed by atoms with Crippen LogP contribution in [0.2, 0.25) is 0 Å². The highest BCUT2D eigenvalue weighted by molar-refractivity contribution is 5.35. The van der Waals surface area contributed by atoms with Crippen molar-refractivity contribution in [2.75, 3.05) is 6.54 Å². The molecule has 0 saturated carbocycles. The lowest BCUT2D eigenvalue weighted by Crippen LogP contribution is -2.27. The van der Waals surface area contributed by atoms with Crippen molar-refractivity contribution in [1.82, 2.24) is 15.3 Å². The summed E-state index contributed by atoms with van der Waals surface area (Å²) >= 11 is 0. The van der Waals surface area contributed by atoms with Crippen LogP contribution in [0.3, 0.4) is 0 Å². The fourth-order valence-electron chi connectivity index (χ4n) is 2.70. The summed E-state index contributed by atoms with van der Waals surface area (Å²) in [6.45, 7) is 10.0. The number of rotatable bonds is 6. The number of nitrogens with zero attached hydrogens (tertiary/aromatic N) is 1. The summed E-state index contributed by atoms with van der Waals surface area (Å²) < 4.78 is 0. The lowest BCUT2D eigenvalue weighted by Gasteiger charge is -2.28. The zero-order valence-electron chi connectivity index (χ0n) is 13.6. The van der Waals surface area contributed by atoms with Gasteiger partial charge < -0.3 is 10.3 Å². The first-order valence-corrected chi connectivity index (χ1v) is 7.83. The highest BCUT2D eigenvalue weighted by atomic mass is 14.9. The monoisotopic (exact) mass is 285 g/mol. The van der Waals surface area contributed by atoms with Crippen molar-refractivity contribution in [1.29, 1.82) is 0 Å². The third-order valence-electron chi connectivity index (χ3n) is 3.74. The maximum atomic E-state index is 4.39. The molecule has 0 aliphatic carbocycles. The molecule has 3 nitrogen and oxygen atoms in total. The van der Waals surface area contributed by atoms with E-state index in [-0.39, 0.29) is 5.41 Å².